The second-order valence-electron chi connectivity index (χ2n) is 13.3. The number of nitrogens with one attached hydrogen (secondary N) is 1. The van der Waals surface area contributed by atoms with Gasteiger partial charge in [0.05, 0.1) is 31.8 Å². The molecule has 42 heavy (non-hydrogen) atoms. The molecule has 2 saturated heterocycles. The lowest BCUT2D eigenvalue weighted by Gasteiger charge is -2.63. The molecule has 1 aromatic carbocycles. The van der Waals surface area contributed by atoms with Gasteiger partial charge in [-0.15, -0.1) is 0 Å². The van der Waals surface area contributed by atoms with Gasteiger partial charge in [-0.05, 0) is 49.8 Å². The number of piperidine rings is 1. The van der Waals surface area contributed by atoms with Crippen LogP contribution in [-0.2, 0) is 14.3 Å². The highest BCUT2D eigenvalue weighted by Gasteiger charge is 2.72. The van der Waals surface area contributed by atoms with E-state index >= 15 is 0 Å². The third-order valence-electron chi connectivity index (χ3n) is 11.5. The Balaban J connectivity index is 1.29. The predicted molar refractivity (Wildman–Crippen MR) is 151 cm³/mol. The number of hydrogen-bond donors (Lipinski definition) is 2. The largest absolute Gasteiger partial charge is 0.508 e. The Kier molecular flexibility index (Phi) is 6.50. The minimum absolute atomic E-state index is 0.0100. The van der Waals surface area contributed by atoms with Crippen LogP contribution in [0.2, 0.25) is 0 Å². The summed E-state index contributed by atoms with van der Waals surface area (Å²) >= 11 is 0. The van der Waals surface area contributed by atoms with Crippen LogP contribution in [0.15, 0.2) is 58.9 Å². The second kappa shape index (κ2) is 9.69. The highest BCUT2D eigenvalue weighted by Crippen LogP contribution is 2.68. The van der Waals surface area contributed by atoms with Gasteiger partial charge in [-0.3, -0.25) is 4.79 Å². The Morgan fingerprint density at radius 1 is 1.21 bits per heavy atom. The molecule has 2 bridgehead atoms. The van der Waals surface area contributed by atoms with Crippen LogP contribution in [-0.4, -0.2) is 72.4 Å². The van der Waals surface area contributed by atoms with Gasteiger partial charge in [0.1, 0.15) is 17.4 Å². The van der Waals surface area contributed by atoms with Crippen molar-refractivity contribution < 1.29 is 37.0 Å². The number of aliphatic hydroxyl groups is 1. The molecule has 226 valence electrons. The van der Waals surface area contributed by atoms with Crippen molar-refractivity contribution >= 4 is 12.0 Å². The summed E-state index contributed by atoms with van der Waals surface area (Å²) in [5, 5.41) is 14.2. The molecule has 1 aromatic rings. The molecule has 2 saturated carbocycles. The van der Waals surface area contributed by atoms with E-state index in [2.05, 4.69) is 12.2 Å². The van der Waals surface area contributed by atoms with E-state index in [4.69, 9.17) is 9.47 Å². The number of amides is 1. The smallest absolute Gasteiger partial charge is 0.421 e. The minimum atomic E-state index is -4.90. The zero-order valence-corrected chi connectivity index (χ0v) is 24.3. The third-order valence-corrected chi connectivity index (χ3v) is 11.5. The number of alkyl halides is 3. The maximum Gasteiger partial charge on any atom is 0.421 e. The molecule has 6 nitrogen and oxygen atoms in total. The van der Waals surface area contributed by atoms with Crippen molar-refractivity contribution in [2.75, 3.05) is 26.7 Å². The summed E-state index contributed by atoms with van der Waals surface area (Å²) in [6.07, 6.45) is 3.57. The first-order valence-corrected chi connectivity index (χ1v) is 15.5. The molecule has 6 aliphatic rings. The monoisotopic (exact) mass is 585 g/mol. The number of ether oxygens (including phenoxy) is 2. The summed E-state index contributed by atoms with van der Waals surface area (Å²) in [5.41, 5.74) is -1.34. The van der Waals surface area contributed by atoms with E-state index in [1.54, 1.807) is 18.2 Å². The van der Waals surface area contributed by atoms with Gasteiger partial charge in [-0.1, -0.05) is 36.8 Å². The summed E-state index contributed by atoms with van der Waals surface area (Å²) < 4.78 is 56.5. The fraction of sp³-hybridized carbons (Fsp3) is 0.606. The van der Waals surface area contributed by atoms with Crippen LogP contribution in [0, 0.1) is 17.3 Å². The van der Waals surface area contributed by atoms with Crippen molar-refractivity contribution in [3.63, 3.8) is 0 Å². The summed E-state index contributed by atoms with van der Waals surface area (Å²) in [5.74, 6) is -0.186. The van der Waals surface area contributed by atoms with Crippen LogP contribution in [0.1, 0.15) is 57.4 Å². The summed E-state index contributed by atoms with van der Waals surface area (Å²) in [4.78, 5) is 13.5. The Hall–Kier alpha value is -2.62. The number of carbonyl (C=O) groups excluding carboxylic acids is 1. The third kappa shape index (κ3) is 4.06. The van der Waals surface area contributed by atoms with Crippen LogP contribution in [0.3, 0.4) is 0 Å². The topological polar surface area (TPSA) is 67.8 Å². The number of allylic oxidation sites excluding steroid dienone is 1. The van der Waals surface area contributed by atoms with Crippen molar-refractivity contribution in [3.05, 3.63) is 64.4 Å². The molecule has 0 radical (unpaired) electrons. The molecule has 2 heterocycles. The lowest BCUT2D eigenvalue weighted by molar-refractivity contribution is -0.963. The quantitative estimate of drug-likeness (QED) is 0.241. The molecule has 1 amide bonds. The van der Waals surface area contributed by atoms with Gasteiger partial charge in [0.2, 0.25) is 0 Å². The number of aliphatic hydroxyl groups excluding tert-OH is 1. The molecular weight excluding hydrogens is 545 g/mol. The highest BCUT2D eigenvalue weighted by atomic mass is 19.4. The number of nitrogens with zero attached hydrogens (tertiary/aromatic N) is 1. The van der Waals surface area contributed by atoms with Gasteiger partial charge in [-0.25, -0.2) is 0 Å². The average Bonchev–Trinajstić information content (AvgIpc) is 3.72. The van der Waals surface area contributed by atoms with Gasteiger partial charge in [0.25, 0.3) is 5.91 Å². The summed E-state index contributed by atoms with van der Waals surface area (Å²) in [6.45, 7) is 5.57. The lowest BCUT2D eigenvalue weighted by Crippen LogP contribution is -2.71. The fourth-order valence-electron chi connectivity index (χ4n) is 9.42. The number of quaternary nitrogens is 1. The molecule has 9 heteroatoms. The van der Waals surface area contributed by atoms with E-state index in [0.29, 0.717) is 18.4 Å². The second-order valence-corrected chi connectivity index (χ2v) is 13.3. The molecule has 1 spiro atoms. The van der Waals surface area contributed by atoms with Crippen molar-refractivity contribution in [2.45, 2.75) is 82.0 Å². The van der Waals surface area contributed by atoms with Crippen LogP contribution < -0.4 is 5.32 Å². The Morgan fingerprint density at radius 3 is 2.64 bits per heavy atom. The molecule has 7 rings (SSSR count). The van der Waals surface area contributed by atoms with E-state index in [1.165, 1.54) is 44.7 Å². The van der Waals surface area contributed by atoms with Crippen molar-refractivity contribution in [1.29, 1.82) is 0 Å². The molecular formula is C33H40F3N2O4+. The highest BCUT2D eigenvalue weighted by molar-refractivity contribution is 5.99. The van der Waals surface area contributed by atoms with E-state index in [1.807, 2.05) is 0 Å². The first-order valence-electron chi connectivity index (χ1n) is 15.5. The van der Waals surface area contributed by atoms with E-state index in [-0.39, 0.29) is 22.8 Å². The number of halogens is 3. The maximum absolute atomic E-state index is 14.2. The summed E-state index contributed by atoms with van der Waals surface area (Å²) in [6, 6.07) is 8.33. The fourth-order valence-corrected chi connectivity index (χ4v) is 9.42. The molecule has 4 fully saturated rings. The molecule has 2 N–H and O–H groups in total. The number of methoxy groups -OCH3 is 1. The zero-order chi connectivity index (χ0) is 29.5. The van der Waals surface area contributed by atoms with Crippen molar-refractivity contribution in [2.24, 2.45) is 17.3 Å². The van der Waals surface area contributed by atoms with E-state index in [0.717, 1.165) is 66.4 Å². The van der Waals surface area contributed by atoms with E-state index < -0.39 is 29.5 Å². The number of benzene rings is 1. The average molecular weight is 586 g/mol. The molecule has 7 atom stereocenters. The SMILES string of the molecule is CC[N+]1(CC2CC2)CC[C@@]23C4=C5C[C@@H]1[C@@H]2CCC[C@@H]3OC4C(NC(=O)C(=Cc1ccccc1)C(F)(F)F)(OC)C=C5O. The lowest BCUT2D eigenvalue weighted by atomic mass is 9.49. The molecule has 4 aliphatic carbocycles. The Labute approximate surface area is 244 Å². The Morgan fingerprint density at radius 2 is 1.98 bits per heavy atom. The van der Waals surface area contributed by atoms with Crippen LogP contribution in [0.5, 0.6) is 0 Å². The van der Waals surface area contributed by atoms with Crippen molar-refractivity contribution in [3.8, 4) is 0 Å². The van der Waals surface area contributed by atoms with Gasteiger partial charge >= 0.3 is 6.18 Å². The normalized spacial score (nSPS) is 39.1. The number of hydrogen-bond acceptors (Lipinski definition) is 4. The number of likely N-dealkylation sites (tertiary alicyclic amines) is 1. The zero-order valence-electron chi connectivity index (χ0n) is 24.3. The first-order chi connectivity index (χ1) is 20.1. The van der Waals surface area contributed by atoms with Crippen LogP contribution in [0.4, 0.5) is 13.2 Å². The van der Waals surface area contributed by atoms with Gasteiger partial charge < -0.3 is 24.4 Å². The Bertz CT molecular complexity index is 1370. The number of rotatable bonds is 7. The van der Waals surface area contributed by atoms with Gasteiger partial charge in [0, 0.05) is 48.9 Å². The number of carbonyl (C=O) groups is 1. The minimum Gasteiger partial charge on any atom is -0.508 e. The van der Waals surface area contributed by atoms with Crippen LogP contribution in [0.25, 0.3) is 6.08 Å². The molecule has 0 aromatic heterocycles. The predicted octanol–water partition coefficient (Wildman–Crippen LogP) is 5.82. The van der Waals surface area contributed by atoms with Crippen LogP contribution >= 0.6 is 0 Å². The van der Waals surface area contributed by atoms with E-state index in [9.17, 15) is 23.1 Å². The maximum atomic E-state index is 14.2. The first kappa shape index (κ1) is 28.2. The molecule has 3 unspecified atom stereocenters. The van der Waals surface area contributed by atoms with Gasteiger partial charge in [0.15, 0.2) is 5.72 Å². The summed E-state index contributed by atoms with van der Waals surface area (Å²) in [7, 11) is 1.35. The standard InChI is InChI=1S/C33H39F3N2O4/c1-3-38(19-21-12-13-21)15-14-31-23-10-7-11-27(31)42-29-28(31)22(17-25(23)38)26(39)18-32(29,41-2)37-30(40)24(33(34,35)36)16-20-8-5-4-6-9-20/h4-6,8-9,16,18,21,23,25,27,29H,3,7,10-15,17,19H2,1-2H3,(H-,37,39,40)/p+1/t23-,25+,27-,29?,31+,32?,38?/m0/s1. The van der Waals surface area contributed by atoms with Gasteiger partial charge in [-0.2, -0.15) is 13.2 Å². The van der Waals surface area contributed by atoms with Crippen molar-refractivity contribution in [1.82, 2.24) is 5.32 Å². The molecule has 2 aliphatic heterocycles.